The quantitative estimate of drug-likeness (QED) is 0.662. The number of aryl methyl sites for hydroxylation is 3. The van der Waals surface area contributed by atoms with Crippen LogP contribution in [0.25, 0.3) is 0 Å². The summed E-state index contributed by atoms with van der Waals surface area (Å²) in [6.07, 6.45) is 2.32. The maximum atomic E-state index is 13.7. The minimum atomic E-state index is -3.83. The Hall–Kier alpha value is -2.22. The fourth-order valence-corrected chi connectivity index (χ4v) is 6.28. The number of nitrogens with zero attached hydrogens (tertiary/aromatic N) is 2. The third kappa shape index (κ3) is 6.18. The van der Waals surface area contributed by atoms with Gasteiger partial charge in [0, 0.05) is 12.6 Å². The first-order valence-electron chi connectivity index (χ1n) is 11.3. The maximum Gasteiger partial charge on any atom is 0.244 e. The molecule has 2 aromatic rings. The summed E-state index contributed by atoms with van der Waals surface area (Å²) in [4.78, 5) is 15.4. The molecule has 1 heterocycles. The topological polar surface area (TPSA) is 69.7 Å². The molecule has 0 bridgehead atoms. The van der Waals surface area contributed by atoms with Crippen molar-refractivity contribution < 1.29 is 13.2 Å². The van der Waals surface area contributed by atoms with Crippen molar-refractivity contribution in [1.82, 2.24) is 14.5 Å². The van der Waals surface area contributed by atoms with Crippen molar-refractivity contribution in [3.63, 3.8) is 0 Å². The molecule has 32 heavy (non-hydrogen) atoms. The highest BCUT2D eigenvalue weighted by atomic mass is 32.2. The Labute approximate surface area is 192 Å². The fraction of sp³-hybridized carbons (Fsp3) is 0.480. The smallest absolute Gasteiger partial charge is 0.244 e. The Balaban J connectivity index is 1.82. The summed E-state index contributed by atoms with van der Waals surface area (Å²) in [7, 11) is -1.76. The van der Waals surface area contributed by atoms with Crippen LogP contribution in [0.5, 0.6) is 0 Å². The molecule has 0 saturated carbocycles. The average Bonchev–Trinajstić information content (AvgIpc) is 2.72. The highest BCUT2D eigenvalue weighted by Crippen LogP contribution is 2.25. The number of piperidine rings is 1. The third-order valence-corrected chi connectivity index (χ3v) is 8.25. The first kappa shape index (κ1) is 24.4. The van der Waals surface area contributed by atoms with Crippen molar-refractivity contribution in [3.8, 4) is 0 Å². The van der Waals surface area contributed by atoms with Crippen LogP contribution in [0.15, 0.2) is 47.4 Å². The molecule has 0 aromatic heterocycles. The van der Waals surface area contributed by atoms with Gasteiger partial charge in [-0.3, -0.25) is 4.79 Å². The van der Waals surface area contributed by atoms with Gasteiger partial charge in [0.05, 0.1) is 11.4 Å². The van der Waals surface area contributed by atoms with Gasteiger partial charge in [-0.15, -0.1) is 0 Å². The summed E-state index contributed by atoms with van der Waals surface area (Å²) in [6.45, 7) is 7.54. The van der Waals surface area contributed by atoms with Gasteiger partial charge in [0.15, 0.2) is 0 Å². The summed E-state index contributed by atoms with van der Waals surface area (Å²) >= 11 is 0. The zero-order valence-corrected chi connectivity index (χ0v) is 20.4. The molecule has 0 unspecified atom stereocenters. The number of likely N-dealkylation sites (tertiary alicyclic amines) is 1. The number of benzene rings is 2. The molecule has 1 aliphatic rings. The lowest BCUT2D eigenvalue weighted by Crippen LogP contribution is -2.48. The van der Waals surface area contributed by atoms with E-state index in [1.165, 1.54) is 4.31 Å². The van der Waals surface area contributed by atoms with Crippen LogP contribution in [-0.2, 0) is 21.2 Å². The van der Waals surface area contributed by atoms with Gasteiger partial charge in [-0.1, -0.05) is 48.0 Å². The second-order valence-electron chi connectivity index (χ2n) is 8.95. The first-order chi connectivity index (χ1) is 15.2. The van der Waals surface area contributed by atoms with Crippen LogP contribution >= 0.6 is 0 Å². The number of hydrogen-bond acceptors (Lipinski definition) is 4. The number of carbonyl (C=O) groups is 1. The van der Waals surface area contributed by atoms with E-state index in [9.17, 15) is 13.2 Å². The van der Waals surface area contributed by atoms with Crippen LogP contribution in [0, 0.1) is 20.8 Å². The third-order valence-electron chi connectivity index (χ3n) is 6.10. The van der Waals surface area contributed by atoms with Crippen molar-refractivity contribution in [2.45, 2.75) is 51.0 Å². The van der Waals surface area contributed by atoms with Crippen LogP contribution in [0.1, 0.15) is 35.1 Å². The standard InChI is InChI=1S/C25H35N3O3S/c1-19-16-20(2)25(21(3)17-19)32(30,31)28(15-10-22-8-6-5-7-9-22)18-24(29)26-23-11-13-27(4)14-12-23/h5-9,16-17,23H,10-15,18H2,1-4H3,(H,26,29). The Morgan fingerprint density at radius 2 is 1.66 bits per heavy atom. The molecule has 7 heteroatoms. The van der Waals surface area contributed by atoms with Gasteiger partial charge in [-0.25, -0.2) is 8.42 Å². The van der Waals surface area contributed by atoms with Crippen LogP contribution in [-0.4, -0.2) is 62.8 Å². The molecule has 0 atom stereocenters. The molecule has 1 N–H and O–H groups in total. The molecule has 1 amide bonds. The Bertz CT molecular complexity index is 1010. The van der Waals surface area contributed by atoms with Crippen molar-refractivity contribution in [3.05, 3.63) is 64.7 Å². The lowest BCUT2D eigenvalue weighted by molar-refractivity contribution is -0.122. The number of rotatable bonds is 8. The molecule has 0 spiro atoms. The van der Waals surface area contributed by atoms with Crippen LogP contribution in [0.3, 0.4) is 0 Å². The zero-order valence-electron chi connectivity index (χ0n) is 19.6. The second kappa shape index (κ2) is 10.6. The van der Waals surface area contributed by atoms with E-state index in [-0.39, 0.29) is 25.0 Å². The molecule has 0 radical (unpaired) electrons. The van der Waals surface area contributed by atoms with E-state index in [4.69, 9.17) is 0 Å². The molecule has 1 fully saturated rings. The summed E-state index contributed by atoms with van der Waals surface area (Å²) in [6, 6.07) is 13.6. The zero-order chi connectivity index (χ0) is 23.3. The SMILES string of the molecule is Cc1cc(C)c(S(=O)(=O)N(CCc2ccccc2)CC(=O)NC2CCN(C)CC2)c(C)c1. The van der Waals surface area contributed by atoms with Crippen LogP contribution in [0.2, 0.25) is 0 Å². The van der Waals surface area contributed by atoms with Crippen molar-refractivity contribution in [2.24, 2.45) is 0 Å². The minimum absolute atomic E-state index is 0.0974. The van der Waals surface area contributed by atoms with E-state index in [1.54, 1.807) is 0 Å². The molecular formula is C25H35N3O3S. The highest BCUT2D eigenvalue weighted by Gasteiger charge is 2.30. The molecular weight excluding hydrogens is 422 g/mol. The number of amides is 1. The van der Waals surface area contributed by atoms with Crippen molar-refractivity contribution >= 4 is 15.9 Å². The lowest BCUT2D eigenvalue weighted by atomic mass is 10.1. The van der Waals surface area contributed by atoms with E-state index < -0.39 is 10.0 Å². The first-order valence-corrected chi connectivity index (χ1v) is 12.7. The molecule has 174 valence electrons. The monoisotopic (exact) mass is 457 g/mol. The second-order valence-corrected chi connectivity index (χ2v) is 10.8. The molecule has 3 rings (SSSR count). The number of carbonyl (C=O) groups excluding carboxylic acids is 1. The highest BCUT2D eigenvalue weighted by molar-refractivity contribution is 7.89. The summed E-state index contributed by atoms with van der Waals surface area (Å²) < 4.78 is 28.8. The van der Waals surface area contributed by atoms with Gasteiger partial charge in [-0.2, -0.15) is 4.31 Å². The Morgan fingerprint density at radius 3 is 2.25 bits per heavy atom. The number of hydrogen-bond donors (Lipinski definition) is 1. The molecule has 0 aliphatic carbocycles. The van der Waals surface area contributed by atoms with Crippen molar-refractivity contribution in [1.29, 1.82) is 0 Å². The van der Waals surface area contributed by atoms with E-state index in [0.29, 0.717) is 22.4 Å². The number of nitrogens with one attached hydrogen (secondary N) is 1. The molecule has 1 aliphatic heterocycles. The van der Waals surface area contributed by atoms with Gasteiger partial charge >= 0.3 is 0 Å². The molecule has 1 saturated heterocycles. The lowest BCUT2D eigenvalue weighted by Gasteiger charge is -2.30. The Morgan fingerprint density at radius 1 is 1.06 bits per heavy atom. The van der Waals surface area contributed by atoms with Gasteiger partial charge in [0.25, 0.3) is 0 Å². The Kier molecular flexibility index (Phi) is 8.09. The van der Waals surface area contributed by atoms with Crippen LogP contribution in [0.4, 0.5) is 0 Å². The van der Waals surface area contributed by atoms with Gasteiger partial charge in [0.1, 0.15) is 0 Å². The minimum Gasteiger partial charge on any atom is -0.352 e. The average molecular weight is 458 g/mol. The summed E-state index contributed by atoms with van der Waals surface area (Å²) in [5.41, 5.74) is 3.49. The largest absolute Gasteiger partial charge is 0.352 e. The predicted octanol–water partition coefficient (Wildman–Crippen LogP) is 3.06. The summed E-state index contributed by atoms with van der Waals surface area (Å²) in [5.74, 6) is -0.237. The van der Waals surface area contributed by atoms with Crippen LogP contribution < -0.4 is 5.32 Å². The van der Waals surface area contributed by atoms with E-state index in [1.807, 2.05) is 63.2 Å². The predicted molar refractivity (Wildman–Crippen MR) is 128 cm³/mol. The van der Waals surface area contributed by atoms with Crippen molar-refractivity contribution in [2.75, 3.05) is 33.2 Å². The normalized spacial score (nSPS) is 15.8. The van der Waals surface area contributed by atoms with Gasteiger partial charge in [-0.05, 0) is 76.9 Å². The maximum absolute atomic E-state index is 13.7. The fourth-order valence-electron chi connectivity index (χ4n) is 4.47. The van der Waals surface area contributed by atoms with Gasteiger partial charge < -0.3 is 10.2 Å². The van der Waals surface area contributed by atoms with E-state index >= 15 is 0 Å². The summed E-state index contributed by atoms with van der Waals surface area (Å²) in [5, 5.41) is 3.06. The van der Waals surface area contributed by atoms with Gasteiger partial charge in [0.2, 0.25) is 15.9 Å². The number of sulfonamides is 1. The molecule has 2 aromatic carbocycles. The van der Waals surface area contributed by atoms with E-state index in [2.05, 4.69) is 17.3 Å². The van der Waals surface area contributed by atoms with E-state index in [0.717, 1.165) is 37.1 Å². The molecule has 6 nitrogen and oxygen atoms in total.